The molecule has 1 N–H and O–H groups in total. The Bertz CT molecular complexity index is 434. The summed E-state index contributed by atoms with van der Waals surface area (Å²) in [5, 5.41) is 3.36. The Hall–Kier alpha value is -0.170. The number of hydrogen-bond acceptors (Lipinski definition) is 4. The van der Waals surface area contributed by atoms with Crippen molar-refractivity contribution in [2.24, 2.45) is 0 Å². The van der Waals surface area contributed by atoms with Crippen LogP contribution in [0.3, 0.4) is 0 Å². The van der Waals surface area contributed by atoms with Crippen LogP contribution in [0.2, 0.25) is 0 Å². The summed E-state index contributed by atoms with van der Waals surface area (Å²) >= 11 is 0. The fourth-order valence-electron chi connectivity index (χ4n) is 3.96. The van der Waals surface area contributed by atoms with Crippen molar-refractivity contribution >= 4 is 10.0 Å². The van der Waals surface area contributed by atoms with Gasteiger partial charge in [-0.1, -0.05) is 6.42 Å². The van der Waals surface area contributed by atoms with E-state index in [4.69, 9.17) is 0 Å². The van der Waals surface area contributed by atoms with Gasteiger partial charge in [-0.15, -0.1) is 0 Å². The summed E-state index contributed by atoms with van der Waals surface area (Å²) in [5.41, 5.74) is 0. The average molecular weight is 301 g/mol. The van der Waals surface area contributed by atoms with Gasteiger partial charge in [-0.05, 0) is 45.7 Å². The van der Waals surface area contributed by atoms with Crippen LogP contribution in [0.15, 0.2) is 0 Å². The van der Waals surface area contributed by atoms with E-state index in [1.54, 1.807) is 4.31 Å². The lowest BCUT2D eigenvalue weighted by Gasteiger charge is -2.42. The highest BCUT2D eigenvalue weighted by molar-refractivity contribution is 7.89. The van der Waals surface area contributed by atoms with E-state index in [0.29, 0.717) is 12.6 Å². The van der Waals surface area contributed by atoms with E-state index >= 15 is 0 Å². The van der Waals surface area contributed by atoms with Crippen molar-refractivity contribution in [2.75, 3.05) is 31.9 Å². The number of rotatable bonds is 3. The first-order chi connectivity index (χ1) is 9.56. The van der Waals surface area contributed by atoms with E-state index in [2.05, 4.69) is 17.1 Å². The topological polar surface area (TPSA) is 52.7 Å². The fraction of sp³-hybridized carbons (Fsp3) is 1.00. The zero-order valence-electron chi connectivity index (χ0n) is 12.4. The summed E-state index contributed by atoms with van der Waals surface area (Å²) < 4.78 is 27.2. The molecule has 3 aliphatic heterocycles. The third-order valence-electron chi connectivity index (χ3n) is 5.06. The van der Waals surface area contributed by atoms with E-state index < -0.39 is 10.0 Å². The van der Waals surface area contributed by atoms with Crippen molar-refractivity contribution in [3.05, 3.63) is 0 Å². The molecule has 3 aliphatic rings. The lowest BCUT2D eigenvalue weighted by atomic mass is 10.1. The van der Waals surface area contributed by atoms with Crippen molar-refractivity contribution in [2.45, 2.75) is 57.2 Å². The normalized spacial score (nSPS) is 37.0. The standard InChI is InChI=1S/C14H27N3O2S/c1-12-9-16-8-4-6-14(16)10-17(12)20(18,19)11-13-5-2-3-7-15-13/h12-15H,2-11H2,1H3. The second kappa shape index (κ2) is 5.91. The highest BCUT2D eigenvalue weighted by atomic mass is 32.2. The molecule has 0 aromatic carbocycles. The highest BCUT2D eigenvalue weighted by Crippen LogP contribution is 2.27. The van der Waals surface area contributed by atoms with Gasteiger partial charge in [-0.25, -0.2) is 8.42 Å². The molecule has 3 fully saturated rings. The first kappa shape index (κ1) is 14.8. The average Bonchev–Trinajstić information content (AvgIpc) is 2.85. The van der Waals surface area contributed by atoms with Gasteiger partial charge in [0.05, 0.1) is 5.75 Å². The molecular weight excluding hydrogens is 274 g/mol. The molecule has 3 unspecified atom stereocenters. The molecule has 116 valence electrons. The van der Waals surface area contributed by atoms with Crippen LogP contribution in [0, 0.1) is 0 Å². The first-order valence-corrected chi connectivity index (χ1v) is 9.64. The SMILES string of the molecule is CC1CN2CCCC2CN1S(=O)(=O)CC1CCCCN1. The summed E-state index contributed by atoms with van der Waals surface area (Å²) in [4.78, 5) is 2.47. The largest absolute Gasteiger partial charge is 0.313 e. The number of fused-ring (bicyclic) bond motifs is 1. The van der Waals surface area contributed by atoms with Crippen molar-refractivity contribution < 1.29 is 8.42 Å². The Morgan fingerprint density at radius 3 is 2.75 bits per heavy atom. The number of piperidine rings is 1. The first-order valence-electron chi connectivity index (χ1n) is 8.03. The van der Waals surface area contributed by atoms with Gasteiger partial charge in [0, 0.05) is 31.2 Å². The van der Waals surface area contributed by atoms with Gasteiger partial charge in [0.15, 0.2) is 0 Å². The third kappa shape index (κ3) is 3.03. The maximum atomic E-state index is 12.7. The molecule has 0 aromatic rings. The second-order valence-electron chi connectivity index (χ2n) is 6.64. The minimum atomic E-state index is -3.13. The summed E-state index contributed by atoms with van der Waals surface area (Å²) in [5.74, 6) is 0.282. The smallest absolute Gasteiger partial charge is 0.215 e. The summed E-state index contributed by atoms with van der Waals surface area (Å²) in [6, 6.07) is 0.737. The second-order valence-corrected chi connectivity index (χ2v) is 8.60. The maximum absolute atomic E-state index is 12.7. The molecule has 5 nitrogen and oxygen atoms in total. The monoisotopic (exact) mass is 301 g/mol. The minimum Gasteiger partial charge on any atom is -0.313 e. The fourth-order valence-corrected chi connectivity index (χ4v) is 5.96. The molecule has 3 rings (SSSR count). The molecular formula is C14H27N3O2S. The van der Waals surface area contributed by atoms with Crippen LogP contribution < -0.4 is 5.32 Å². The van der Waals surface area contributed by atoms with Crippen LogP contribution >= 0.6 is 0 Å². The van der Waals surface area contributed by atoms with Crippen LogP contribution in [0.25, 0.3) is 0 Å². The Morgan fingerprint density at radius 2 is 2.00 bits per heavy atom. The lowest BCUT2D eigenvalue weighted by Crippen LogP contribution is -2.58. The minimum absolute atomic E-state index is 0.123. The molecule has 0 saturated carbocycles. The predicted molar refractivity (Wildman–Crippen MR) is 80.2 cm³/mol. The zero-order valence-corrected chi connectivity index (χ0v) is 13.2. The Balaban J connectivity index is 1.66. The van der Waals surface area contributed by atoms with Gasteiger partial charge in [0.25, 0.3) is 0 Å². The molecule has 3 heterocycles. The predicted octanol–water partition coefficient (Wildman–Crippen LogP) is 0.627. The van der Waals surface area contributed by atoms with Crippen molar-refractivity contribution in [3.63, 3.8) is 0 Å². The van der Waals surface area contributed by atoms with Crippen molar-refractivity contribution in [1.29, 1.82) is 0 Å². The van der Waals surface area contributed by atoms with Gasteiger partial charge in [0.2, 0.25) is 10.0 Å². The van der Waals surface area contributed by atoms with E-state index in [0.717, 1.165) is 38.9 Å². The molecule has 3 atom stereocenters. The molecule has 0 spiro atoms. The van der Waals surface area contributed by atoms with Gasteiger partial charge >= 0.3 is 0 Å². The van der Waals surface area contributed by atoms with Crippen LogP contribution in [-0.2, 0) is 10.0 Å². The van der Waals surface area contributed by atoms with Gasteiger partial charge in [-0.3, -0.25) is 4.90 Å². The molecule has 20 heavy (non-hydrogen) atoms. The summed E-state index contributed by atoms with van der Waals surface area (Å²) in [6.07, 6.45) is 5.69. The summed E-state index contributed by atoms with van der Waals surface area (Å²) in [6.45, 7) is 5.78. The number of nitrogens with zero attached hydrogens (tertiary/aromatic N) is 2. The Kier molecular flexibility index (Phi) is 4.36. The van der Waals surface area contributed by atoms with Gasteiger partial charge in [0.1, 0.15) is 0 Å². The Morgan fingerprint density at radius 1 is 1.15 bits per heavy atom. The summed E-state index contributed by atoms with van der Waals surface area (Å²) in [7, 11) is -3.13. The van der Waals surface area contributed by atoms with E-state index in [-0.39, 0.29) is 17.8 Å². The van der Waals surface area contributed by atoms with Crippen molar-refractivity contribution in [1.82, 2.24) is 14.5 Å². The molecule has 3 saturated heterocycles. The quantitative estimate of drug-likeness (QED) is 0.830. The number of sulfonamides is 1. The molecule has 0 amide bonds. The third-order valence-corrected chi connectivity index (χ3v) is 7.11. The van der Waals surface area contributed by atoms with Crippen molar-refractivity contribution in [3.8, 4) is 0 Å². The van der Waals surface area contributed by atoms with Crippen LogP contribution in [0.5, 0.6) is 0 Å². The number of nitrogens with one attached hydrogen (secondary N) is 1. The number of hydrogen-bond donors (Lipinski definition) is 1. The van der Waals surface area contributed by atoms with Crippen LogP contribution in [0.1, 0.15) is 39.0 Å². The highest BCUT2D eigenvalue weighted by Gasteiger charge is 2.40. The van der Waals surface area contributed by atoms with E-state index in [9.17, 15) is 8.42 Å². The molecule has 0 aliphatic carbocycles. The van der Waals surface area contributed by atoms with Gasteiger partial charge < -0.3 is 5.32 Å². The van der Waals surface area contributed by atoms with Gasteiger partial charge in [-0.2, -0.15) is 4.31 Å². The van der Waals surface area contributed by atoms with E-state index in [1.165, 1.54) is 12.8 Å². The van der Waals surface area contributed by atoms with Crippen LogP contribution in [0.4, 0.5) is 0 Å². The van der Waals surface area contributed by atoms with E-state index in [1.807, 2.05) is 0 Å². The zero-order chi connectivity index (χ0) is 14.2. The molecule has 0 radical (unpaired) electrons. The van der Waals surface area contributed by atoms with Crippen LogP contribution in [-0.4, -0.2) is 67.7 Å². The molecule has 0 aromatic heterocycles. The molecule has 6 heteroatoms. The number of piperazine rings is 1. The lowest BCUT2D eigenvalue weighted by molar-refractivity contribution is 0.117. The maximum Gasteiger partial charge on any atom is 0.215 e. The molecule has 0 bridgehead atoms. The Labute approximate surface area is 122 Å².